The van der Waals surface area contributed by atoms with Crippen LogP contribution in [0.3, 0.4) is 0 Å². The highest BCUT2D eigenvalue weighted by Crippen LogP contribution is 2.36. The van der Waals surface area contributed by atoms with Gasteiger partial charge in [-0.15, -0.1) is 0 Å². The Kier molecular flexibility index (Phi) is 5.07. The van der Waals surface area contributed by atoms with Gasteiger partial charge >= 0.3 is 0 Å². The summed E-state index contributed by atoms with van der Waals surface area (Å²) in [5.41, 5.74) is 0.401. The SMILES string of the molecule is C[C@@H](Oc1cccnc1NBr)c1c(Cl)ccc(F)c1Cl. The van der Waals surface area contributed by atoms with Gasteiger partial charge in [-0.25, -0.2) is 9.37 Å². The summed E-state index contributed by atoms with van der Waals surface area (Å²) in [7, 11) is 0. The van der Waals surface area contributed by atoms with Gasteiger partial charge in [0.25, 0.3) is 0 Å². The van der Waals surface area contributed by atoms with Crippen LogP contribution in [-0.4, -0.2) is 4.98 Å². The van der Waals surface area contributed by atoms with E-state index in [-0.39, 0.29) is 5.02 Å². The summed E-state index contributed by atoms with van der Waals surface area (Å²) < 4.78 is 22.0. The number of aromatic nitrogens is 1. The molecule has 0 bridgehead atoms. The number of nitrogens with one attached hydrogen (secondary N) is 1. The molecular weight excluding hydrogens is 370 g/mol. The minimum absolute atomic E-state index is 0.0396. The second kappa shape index (κ2) is 6.61. The van der Waals surface area contributed by atoms with Gasteiger partial charge < -0.3 is 9.08 Å². The van der Waals surface area contributed by atoms with E-state index in [2.05, 4.69) is 25.5 Å². The molecule has 1 atom stereocenters. The van der Waals surface area contributed by atoms with Crippen molar-refractivity contribution < 1.29 is 9.13 Å². The maximum absolute atomic E-state index is 13.5. The number of halogens is 4. The van der Waals surface area contributed by atoms with Crippen LogP contribution in [0.4, 0.5) is 10.2 Å². The second-order valence-corrected chi connectivity index (χ2v) is 5.14. The molecule has 0 aliphatic heterocycles. The molecule has 0 unspecified atom stereocenters. The quantitative estimate of drug-likeness (QED) is 0.571. The van der Waals surface area contributed by atoms with Crippen molar-refractivity contribution >= 4 is 45.2 Å². The molecule has 106 valence electrons. The van der Waals surface area contributed by atoms with Crippen LogP contribution in [0, 0.1) is 5.82 Å². The molecule has 3 nitrogen and oxygen atoms in total. The maximum atomic E-state index is 13.5. The van der Waals surface area contributed by atoms with Gasteiger partial charge in [0.15, 0.2) is 11.6 Å². The highest BCUT2D eigenvalue weighted by molar-refractivity contribution is 9.10. The van der Waals surface area contributed by atoms with E-state index in [1.165, 1.54) is 12.1 Å². The Balaban J connectivity index is 2.33. The normalized spacial score (nSPS) is 12.1. The molecule has 2 rings (SSSR count). The minimum Gasteiger partial charge on any atom is -0.482 e. The van der Waals surface area contributed by atoms with Crippen molar-refractivity contribution in [2.45, 2.75) is 13.0 Å². The smallest absolute Gasteiger partial charge is 0.178 e. The summed E-state index contributed by atoms with van der Waals surface area (Å²) in [6, 6.07) is 6.13. The van der Waals surface area contributed by atoms with E-state index in [9.17, 15) is 4.39 Å². The Bertz CT molecular complexity index is 627. The minimum atomic E-state index is -0.536. The molecule has 2 aromatic rings. The maximum Gasteiger partial charge on any atom is 0.178 e. The van der Waals surface area contributed by atoms with Gasteiger partial charge in [-0.2, -0.15) is 0 Å². The lowest BCUT2D eigenvalue weighted by molar-refractivity contribution is 0.227. The third kappa shape index (κ3) is 3.16. The summed E-state index contributed by atoms with van der Waals surface area (Å²) in [6.45, 7) is 1.73. The van der Waals surface area contributed by atoms with E-state index >= 15 is 0 Å². The lowest BCUT2D eigenvalue weighted by atomic mass is 10.1. The summed E-state index contributed by atoms with van der Waals surface area (Å²) in [5, 5.41) is 0.309. The first-order chi connectivity index (χ1) is 9.54. The molecule has 0 aliphatic rings. The second-order valence-electron chi connectivity index (χ2n) is 3.96. The fourth-order valence-electron chi connectivity index (χ4n) is 1.72. The number of rotatable bonds is 4. The van der Waals surface area contributed by atoms with Crippen LogP contribution >= 0.6 is 39.3 Å². The lowest BCUT2D eigenvalue weighted by Gasteiger charge is -2.19. The van der Waals surface area contributed by atoms with Gasteiger partial charge in [0.2, 0.25) is 0 Å². The van der Waals surface area contributed by atoms with E-state index < -0.39 is 11.9 Å². The molecule has 20 heavy (non-hydrogen) atoms. The molecule has 1 heterocycles. The van der Waals surface area contributed by atoms with E-state index in [1.807, 2.05) is 0 Å². The predicted octanol–water partition coefficient (Wildman–Crippen LogP) is 5.39. The van der Waals surface area contributed by atoms with Crippen LogP contribution < -0.4 is 9.08 Å². The number of anilines is 1. The van der Waals surface area contributed by atoms with Gasteiger partial charge in [0.1, 0.15) is 11.9 Å². The van der Waals surface area contributed by atoms with Gasteiger partial charge in [-0.3, -0.25) is 0 Å². The Labute approximate surface area is 134 Å². The van der Waals surface area contributed by atoms with E-state index in [0.717, 1.165) is 0 Å². The third-order valence-corrected chi connectivity index (χ3v) is 3.74. The molecule has 1 N–H and O–H groups in total. The summed E-state index contributed by atoms with van der Waals surface area (Å²) in [4.78, 5) is 4.08. The Morgan fingerprint density at radius 1 is 1.35 bits per heavy atom. The highest BCUT2D eigenvalue weighted by Gasteiger charge is 2.19. The molecular formula is C13H10BrCl2FN2O. The Morgan fingerprint density at radius 2 is 2.10 bits per heavy atom. The number of hydrogen-bond acceptors (Lipinski definition) is 3. The summed E-state index contributed by atoms with van der Waals surface area (Å²) >= 11 is 15.1. The monoisotopic (exact) mass is 378 g/mol. The standard InChI is InChI=1S/C13H10BrCl2FN2O/c1-7(11-8(15)4-5-9(17)12(11)16)20-10-3-2-6-18-13(10)19-14/h2-7H,1H3,(H,18,19)/t7-/m1/s1. The van der Waals surface area contributed by atoms with E-state index in [4.69, 9.17) is 27.9 Å². The first-order valence-electron chi connectivity index (χ1n) is 5.66. The molecule has 0 amide bonds. The molecule has 1 aromatic heterocycles. The number of pyridine rings is 1. The number of ether oxygens (including phenoxy) is 1. The van der Waals surface area contributed by atoms with Crippen molar-refractivity contribution in [2.75, 3.05) is 4.34 Å². The van der Waals surface area contributed by atoms with E-state index in [0.29, 0.717) is 22.2 Å². The fraction of sp³-hybridized carbons (Fsp3) is 0.154. The van der Waals surface area contributed by atoms with Gasteiger partial charge in [-0.1, -0.05) is 23.2 Å². The van der Waals surface area contributed by atoms with Crippen molar-refractivity contribution in [3.05, 3.63) is 51.9 Å². The predicted molar refractivity (Wildman–Crippen MR) is 82.2 cm³/mol. The van der Waals surface area contributed by atoms with Crippen LogP contribution in [0.25, 0.3) is 0 Å². The van der Waals surface area contributed by atoms with Crippen LogP contribution in [0.15, 0.2) is 30.5 Å². The van der Waals surface area contributed by atoms with Crippen LogP contribution in [0.2, 0.25) is 10.0 Å². The molecule has 0 saturated carbocycles. The third-order valence-electron chi connectivity index (χ3n) is 2.65. The van der Waals surface area contributed by atoms with Gasteiger partial charge in [0.05, 0.1) is 5.02 Å². The molecule has 0 saturated heterocycles. The largest absolute Gasteiger partial charge is 0.482 e. The Hall–Kier alpha value is -1.04. The van der Waals surface area contributed by atoms with Crippen molar-refractivity contribution in [2.24, 2.45) is 0 Å². The lowest BCUT2D eigenvalue weighted by Crippen LogP contribution is -2.07. The molecule has 0 spiro atoms. The zero-order valence-corrected chi connectivity index (χ0v) is 13.4. The van der Waals surface area contributed by atoms with Crippen molar-refractivity contribution in [1.29, 1.82) is 0 Å². The Morgan fingerprint density at radius 3 is 2.80 bits per heavy atom. The number of nitrogens with zero attached hydrogens (tertiary/aromatic N) is 1. The molecule has 0 radical (unpaired) electrons. The zero-order valence-electron chi connectivity index (χ0n) is 10.3. The average Bonchev–Trinajstić information content (AvgIpc) is 2.44. The van der Waals surface area contributed by atoms with Crippen LogP contribution in [-0.2, 0) is 0 Å². The topological polar surface area (TPSA) is 34.1 Å². The number of hydrogen-bond donors (Lipinski definition) is 1. The van der Waals surface area contributed by atoms with Crippen molar-refractivity contribution in [1.82, 2.24) is 4.98 Å². The summed E-state index contributed by atoms with van der Waals surface area (Å²) in [5.74, 6) is 0.461. The number of benzene rings is 1. The highest BCUT2D eigenvalue weighted by atomic mass is 79.9. The van der Waals surface area contributed by atoms with Crippen molar-refractivity contribution in [3.63, 3.8) is 0 Å². The summed E-state index contributed by atoms with van der Waals surface area (Å²) in [6.07, 6.45) is 1.08. The average molecular weight is 380 g/mol. The molecule has 0 fully saturated rings. The van der Waals surface area contributed by atoms with Crippen LogP contribution in [0.1, 0.15) is 18.6 Å². The van der Waals surface area contributed by atoms with Gasteiger partial charge in [0, 0.05) is 32.9 Å². The first-order valence-corrected chi connectivity index (χ1v) is 7.21. The zero-order chi connectivity index (χ0) is 14.7. The van der Waals surface area contributed by atoms with E-state index in [1.54, 1.807) is 25.3 Å². The van der Waals surface area contributed by atoms with Crippen molar-refractivity contribution in [3.8, 4) is 5.75 Å². The fourth-order valence-corrected chi connectivity index (χ4v) is 2.70. The van der Waals surface area contributed by atoms with Crippen LogP contribution in [0.5, 0.6) is 5.75 Å². The molecule has 7 heteroatoms. The first kappa shape index (κ1) is 15.4. The molecule has 0 aliphatic carbocycles. The van der Waals surface area contributed by atoms with Gasteiger partial charge in [-0.05, 0) is 31.2 Å². The molecule has 1 aromatic carbocycles.